The Morgan fingerprint density at radius 2 is 2.00 bits per heavy atom. The quantitative estimate of drug-likeness (QED) is 0.770. The molecule has 0 spiro atoms. The lowest BCUT2D eigenvalue weighted by Crippen LogP contribution is -2.19. The summed E-state index contributed by atoms with van der Waals surface area (Å²) in [5.41, 5.74) is 1.34. The molecule has 0 saturated heterocycles. The van der Waals surface area contributed by atoms with Gasteiger partial charge in [-0.3, -0.25) is 0 Å². The molecule has 0 heterocycles. The average Bonchev–Trinajstić information content (AvgIpc) is 2.29. The molecule has 2 N–H and O–H groups in total. The molecule has 1 aromatic carbocycles. The van der Waals surface area contributed by atoms with Gasteiger partial charge in [0, 0.05) is 5.88 Å². The second-order valence-electron chi connectivity index (χ2n) is 3.52. The highest BCUT2D eigenvalue weighted by atomic mass is 35.5. The highest BCUT2D eigenvalue weighted by molar-refractivity contribution is 6.17. The zero-order valence-electron chi connectivity index (χ0n) is 8.81. The molecule has 2 unspecified atom stereocenters. The fraction of sp³-hybridized carbons (Fsp3) is 0.417. The lowest BCUT2D eigenvalue weighted by molar-refractivity contribution is 0.0165. The van der Waals surface area contributed by atoms with Crippen LogP contribution < -0.4 is 0 Å². The van der Waals surface area contributed by atoms with E-state index >= 15 is 0 Å². The van der Waals surface area contributed by atoms with E-state index in [9.17, 15) is 10.2 Å². The molecule has 0 aliphatic rings. The highest BCUT2D eigenvalue weighted by Gasteiger charge is 2.19. The third-order valence-electron chi connectivity index (χ3n) is 2.41. The van der Waals surface area contributed by atoms with Crippen LogP contribution in [0.4, 0.5) is 0 Å². The van der Waals surface area contributed by atoms with Gasteiger partial charge in [0.2, 0.25) is 0 Å². The van der Waals surface area contributed by atoms with Crippen molar-refractivity contribution in [2.45, 2.75) is 25.0 Å². The van der Waals surface area contributed by atoms with Gasteiger partial charge in [0.25, 0.3) is 0 Å². The number of aliphatic hydroxyl groups is 2. The first-order valence-corrected chi connectivity index (χ1v) is 5.61. The van der Waals surface area contributed by atoms with E-state index in [-0.39, 0.29) is 6.42 Å². The van der Waals surface area contributed by atoms with Gasteiger partial charge >= 0.3 is 0 Å². The Balaban J connectivity index is 2.89. The Hall–Kier alpha value is -1.08. The largest absolute Gasteiger partial charge is 0.390 e. The maximum atomic E-state index is 9.91. The first-order valence-electron chi connectivity index (χ1n) is 5.07. The van der Waals surface area contributed by atoms with Crippen molar-refractivity contribution < 1.29 is 10.2 Å². The minimum absolute atomic E-state index is 0.223. The zero-order chi connectivity index (χ0) is 12.0. The number of hydrogen-bond donors (Lipinski definition) is 2. The van der Waals surface area contributed by atoms with Crippen molar-refractivity contribution in [3.63, 3.8) is 0 Å². The first kappa shape index (κ1) is 13.0. The van der Waals surface area contributed by atoms with Crippen LogP contribution >= 0.6 is 11.6 Å². The van der Waals surface area contributed by atoms with Gasteiger partial charge in [-0.1, -0.05) is 24.3 Å². The van der Waals surface area contributed by atoms with E-state index in [0.717, 1.165) is 5.56 Å². The van der Waals surface area contributed by atoms with E-state index in [4.69, 9.17) is 16.9 Å². The van der Waals surface area contributed by atoms with Crippen molar-refractivity contribution in [2.24, 2.45) is 0 Å². The van der Waals surface area contributed by atoms with Gasteiger partial charge in [0.1, 0.15) is 6.10 Å². The maximum Gasteiger partial charge on any atom is 0.105 e. The fourth-order valence-corrected chi connectivity index (χ4v) is 1.77. The second kappa shape index (κ2) is 6.49. The summed E-state index contributed by atoms with van der Waals surface area (Å²) in [5, 5.41) is 28.2. The number of hydrogen-bond acceptors (Lipinski definition) is 3. The summed E-state index contributed by atoms with van der Waals surface area (Å²) in [6.07, 6.45) is -1.33. The number of nitriles is 1. The van der Waals surface area contributed by atoms with Gasteiger partial charge < -0.3 is 10.2 Å². The normalized spacial score (nSPS) is 14.1. The minimum Gasteiger partial charge on any atom is -0.390 e. The predicted octanol–water partition coefficient (Wildman–Crippen LogP) is 1.78. The second-order valence-corrected chi connectivity index (χ2v) is 3.90. The lowest BCUT2D eigenvalue weighted by atomic mass is 9.96. The van der Waals surface area contributed by atoms with Crippen LogP contribution in [0.5, 0.6) is 0 Å². The number of aliphatic hydroxyl groups excluding tert-OH is 2. The summed E-state index contributed by atoms with van der Waals surface area (Å²) in [4.78, 5) is 0. The lowest BCUT2D eigenvalue weighted by Gasteiger charge is -2.19. The average molecular weight is 240 g/mol. The van der Waals surface area contributed by atoms with Crippen LogP contribution in [0.25, 0.3) is 0 Å². The molecule has 86 valence electrons. The molecule has 0 radical (unpaired) electrons. The molecule has 16 heavy (non-hydrogen) atoms. The summed E-state index contributed by atoms with van der Waals surface area (Å²) in [6, 6.07) is 9.09. The van der Waals surface area contributed by atoms with Gasteiger partial charge in [-0.15, -0.1) is 11.6 Å². The van der Waals surface area contributed by atoms with Crippen LogP contribution in [0, 0.1) is 11.3 Å². The van der Waals surface area contributed by atoms with Gasteiger partial charge in [-0.25, -0.2) is 0 Å². The van der Waals surface area contributed by atoms with E-state index in [1.807, 2.05) is 6.07 Å². The van der Waals surface area contributed by atoms with Crippen molar-refractivity contribution in [1.82, 2.24) is 0 Å². The van der Waals surface area contributed by atoms with E-state index in [0.29, 0.717) is 17.9 Å². The number of alkyl halides is 1. The summed E-state index contributed by atoms with van der Waals surface area (Å²) in [6.45, 7) is 0. The molecular formula is C12H14ClNO2. The first-order chi connectivity index (χ1) is 7.70. The van der Waals surface area contributed by atoms with Crippen LogP contribution in [0.1, 0.15) is 23.7 Å². The summed E-state index contributed by atoms with van der Waals surface area (Å²) < 4.78 is 0. The van der Waals surface area contributed by atoms with Crippen molar-refractivity contribution in [3.8, 4) is 6.07 Å². The maximum absolute atomic E-state index is 9.91. The zero-order valence-corrected chi connectivity index (χ0v) is 9.56. The van der Waals surface area contributed by atoms with E-state index < -0.39 is 12.2 Å². The van der Waals surface area contributed by atoms with Crippen molar-refractivity contribution >= 4 is 11.6 Å². The molecule has 0 aliphatic carbocycles. The van der Waals surface area contributed by atoms with Gasteiger partial charge in [-0.2, -0.15) is 5.26 Å². The van der Waals surface area contributed by atoms with E-state index in [2.05, 4.69) is 0 Å². The SMILES string of the molecule is N#CCc1ccccc1C(O)C(O)CCCl. The van der Waals surface area contributed by atoms with E-state index in [1.54, 1.807) is 24.3 Å². The number of halogens is 1. The smallest absolute Gasteiger partial charge is 0.105 e. The molecule has 1 aromatic rings. The Morgan fingerprint density at radius 1 is 1.31 bits per heavy atom. The van der Waals surface area contributed by atoms with Gasteiger partial charge in [0.05, 0.1) is 18.6 Å². The molecule has 0 aromatic heterocycles. The summed E-state index contributed by atoms with van der Waals surface area (Å²) in [5.74, 6) is 0.290. The van der Waals surface area contributed by atoms with Crippen molar-refractivity contribution in [3.05, 3.63) is 35.4 Å². The third kappa shape index (κ3) is 3.21. The third-order valence-corrected chi connectivity index (χ3v) is 2.63. The molecule has 0 amide bonds. The number of nitrogens with zero attached hydrogens (tertiary/aromatic N) is 1. The number of rotatable bonds is 5. The van der Waals surface area contributed by atoms with Gasteiger partial charge in [-0.05, 0) is 17.5 Å². The summed E-state index contributed by atoms with van der Waals surface area (Å²) in [7, 11) is 0. The van der Waals surface area contributed by atoms with Gasteiger partial charge in [0.15, 0.2) is 0 Å². The molecule has 2 atom stereocenters. The van der Waals surface area contributed by atoms with Crippen LogP contribution in [0.15, 0.2) is 24.3 Å². The Kier molecular flexibility index (Phi) is 5.27. The molecular weight excluding hydrogens is 226 g/mol. The Labute approximate surface area is 99.9 Å². The van der Waals surface area contributed by atoms with Crippen LogP contribution in [0.3, 0.4) is 0 Å². The van der Waals surface area contributed by atoms with Crippen molar-refractivity contribution in [2.75, 3.05) is 5.88 Å². The van der Waals surface area contributed by atoms with Crippen LogP contribution in [-0.4, -0.2) is 22.2 Å². The number of benzene rings is 1. The monoisotopic (exact) mass is 239 g/mol. The van der Waals surface area contributed by atoms with E-state index in [1.165, 1.54) is 0 Å². The summed E-state index contributed by atoms with van der Waals surface area (Å²) >= 11 is 5.51. The molecule has 4 heteroatoms. The van der Waals surface area contributed by atoms with Crippen molar-refractivity contribution in [1.29, 1.82) is 5.26 Å². The van der Waals surface area contributed by atoms with Crippen LogP contribution in [-0.2, 0) is 6.42 Å². The highest BCUT2D eigenvalue weighted by Crippen LogP contribution is 2.23. The molecule has 1 rings (SSSR count). The Morgan fingerprint density at radius 3 is 2.62 bits per heavy atom. The molecule has 3 nitrogen and oxygen atoms in total. The molecule has 0 bridgehead atoms. The topological polar surface area (TPSA) is 64.2 Å². The Bertz CT molecular complexity index is 376. The molecule has 0 aliphatic heterocycles. The molecule has 0 saturated carbocycles. The fourth-order valence-electron chi connectivity index (χ4n) is 1.55. The minimum atomic E-state index is -0.983. The molecule has 0 fully saturated rings. The predicted molar refractivity (Wildman–Crippen MR) is 62.1 cm³/mol. The van der Waals surface area contributed by atoms with Crippen LogP contribution in [0.2, 0.25) is 0 Å². The standard InChI is InChI=1S/C12H14ClNO2/c13-7-5-11(15)12(16)10-4-2-1-3-9(10)6-8-14/h1-4,11-12,15-16H,5-7H2.